The molecule has 7 rings (SSSR count). The number of nitrogens with one attached hydrogen (secondary N) is 3. The maximum Gasteiger partial charge on any atom is 0.329 e. The number of hydrogen-bond acceptors (Lipinski definition) is 13. The first-order chi connectivity index (χ1) is 33.9. The summed E-state index contributed by atoms with van der Waals surface area (Å²) in [5, 5.41) is 28.1. The van der Waals surface area contributed by atoms with Crippen LogP contribution in [0.25, 0.3) is 15.4 Å². The van der Waals surface area contributed by atoms with Crippen LogP contribution < -0.4 is 16.0 Å². The fraction of sp³-hybridized carbons (Fsp3) is 0.392. The number of rotatable bonds is 16. The summed E-state index contributed by atoms with van der Waals surface area (Å²) in [6, 6.07) is 12.5. The van der Waals surface area contributed by atoms with Crippen LogP contribution in [0.5, 0.6) is 0 Å². The van der Waals surface area contributed by atoms with Crippen molar-refractivity contribution in [3.63, 3.8) is 0 Å². The average Bonchev–Trinajstić information content (AvgIpc) is 4.11. The second kappa shape index (κ2) is 23.0. The van der Waals surface area contributed by atoms with E-state index in [2.05, 4.69) is 68.7 Å². The third kappa shape index (κ3) is 12.8. The van der Waals surface area contributed by atoms with Gasteiger partial charge in [0.1, 0.15) is 48.8 Å². The molecule has 3 aromatic heterocycles. The highest BCUT2D eigenvalue weighted by molar-refractivity contribution is 7.15. The van der Waals surface area contributed by atoms with Gasteiger partial charge in [0.05, 0.1) is 40.9 Å². The molecule has 2 aliphatic heterocycles. The number of amides is 4. The van der Waals surface area contributed by atoms with Gasteiger partial charge in [0, 0.05) is 40.5 Å². The van der Waals surface area contributed by atoms with Gasteiger partial charge in [-0.15, -0.1) is 32.9 Å². The number of aliphatic carboxylic acids is 1. The number of halogens is 1. The Bertz CT molecular complexity index is 2970. The molecule has 370 valence electrons. The van der Waals surface area contributed by atoms with E-state index < -0.39 is 66.5 Å². The molecule has 71 heavy (non-hydrogen) atoms. The maximum absolute atomic E-state index is 14.2. The molecule has 2 aliphatic rings. The van der Waals surface area contributed by atoms with Crippen molar-refractivity contribution in [2.45, 2.75) is 92.1 Å². The van der Waals surface area contributed by atoms with E-state index in [1.165, 1.54) is 4.90 Å². The molecule has 0 saturated carbocycles. The molecule has 4 atom stereocenters. The minimum atomic E-state index is -1.18. The van der Waals surface area contributed by atoms with E-state index in [1.807, 2.05) is 66.9 Å². The standard InChI is InChI=1S/C51H54ClN9O8S2/c1-29-31(3)71-50-43(29)44(34-16-18-36(52)19-17-34)56-38(47-59-58-32(4)61(47)50)23-40(62)53-20-10-8-9-11-21-68-26-41(63)57-46(51(5,6)7)49(67)60-25-37(69-27-42(64)65)22-39(60)48(66)54-24-33-12-14-35(15-13-33)45-30(2)55-28-70-45/h12-19,28,37-39,46H,20-27H2,1-7H3,(H,53,62)(H,54,66)(H,57,63)(H,64,65)/t37-,38+,39+,46-/m1/s1. The lowest BCUT2D eigenvalue weighted by Crippen LogP contribution is -2.58. The van der Waals surface area contributed by atoms with Gasteiger partial charge in [-0.25, -0.2) is 9.78 Å². The summed E-state index contributed by atoms with van der Waals surface area (Å²) in [5.74, 6) is 9.08. The van der Waals surface area contributed by atoms with Gasteiger partial charge in [0.15, 0.2) is 5.82 Å². The topological polar surface area (TPSA) is 219 Å². The molecular formula is C51H54ClN9O8S2. The van der Waals surface area contributed by atoms with Crippen molar-refractivity contribution in [3.8, 4) is 39.1 Å². The SMILES string of the molecule is Cc1ncsc1-c1ccc(CNC(=O)[C@@H]2C[C@@H](OCC(=O)O)CN2C(=O)[C@@H](NC(=O)COCC#CC#CCNC(=O)C[C@@H]2N=C(c3ccc(Cl)cc3)c3c(sc(C)c3C)-n3c(C)nnc32)C(C)(C)C)cc1. The number of nitrogens with zero attached hydrogens (tertiary/aromatic N) is 6. The van der Waals surface area contributed by atoms with E-state index in [0.29, 0.717) is 16.7 Å². The number of aliphatic imine (C=N–C) groups is 1. The Kier molecular flexibility index (Phi) is 16.9. The van der Waals surface area contributed by atoms with E-state index in [1.54, 1.807) is 49.0 Å². The Hall–Kier alpha value is -6.74. The normalized spacial score (nSPS) is 16.5. The van der Waals surface area contributed by atoms with E-state index in [4.69, 9.17) is 26.1 Å². The number of hydrogen-bond donors (Lipinski definition) is 4. The molecule has 0 radical (unpaired) electrons. The zero-order valence-corrected chi connectivity index (χ0v) is 42.7. The predicted molar refractivity (Wildman–Crippen MR) is 270 cm³/mol. The van der Waals surface area contributed by atoms with Crippen LogP contribution in [0.15, 0.2) is 59.0 Å². The predicted octanol–water partition coefficient (Wildman–Crippen LogP) is 5.68. The molecule has 4 N–H and O–H groups in total. The van der Waals surface area contributed by atoms with Crippen LogP contribution in [0.2, 0.25) is 5.02 Å². The molecule has 17 nitrogen and oxygen atoms in total. The summed E-state index contributed by atoms with van der Waals surface area (Å²) in [6.07, 6.45) is -0.661. The number of carboxylic acids is 1. The summed E-state index contributed by atoms with van der Waals surface area (Å²) in [7, 11) is 0. The number of aryl methyl sites for hydroxylation is 3. The number of carbonyl (C=O) groups excluding carboxylic acids is 4. The number of carboxylic acid groups (broad SMARTS) is 1. The Morgan fingerprint density at radius 1 is 0.930 bits per heavy atom. The molecule has 20 heteroatoms. The Morgan fingerprint density at radius 2 is 1.65 bits per heavy atom. The number of ether oxygens (including phenoxy) is 2. The second-order valence-corrected chi connectivity index (χ2v) is 20.6. The summed E-state index contributed by atoms with van der Waals surface area (Å²) in [6.45, 7) is 12.3. The summed E-state index contributed by atoms with van der Waals surface area (Å²) in [5.41, 5.74) is 7.44. The number of likely N-dealkylation sites (tertiary alicyclic amines) is 1. The van der Waals surface area contributed by atoms with Crippen molar-refractivity contribution in [2.75, 3.05) is 32.9 Å². The highest BCUT2D eigenvalue weighted by Gasteiger charge is 2.45. The Morgan fingerprint density at radius 3 is 2.34 bits per heavy atom. The van der Waals surface area contributed by atoms with Gasteiger partial charge < -0.3 is 35.4 Å². The fourth-order valence-electron chi connectivity index (χ4n) is 8.16. The number of aromatic nitrogens is 4. The van der Waals surface area contributed by atoms with E-state index in [9.17, 15) is 29.1 Å². The van der Waals surface area contributed by atoms with Crippen molar-refractivity contribution < 1.29 is 38.6 Å². The fourth-order valence-corrected chi connectivity index (χ4v) is 10.3. The van der Waals surface area contributed by atoms with Crippen LogP contribution in [-0.4, -0.2) is 116 Å². The highest BCUT2D eigenvalue weighted by Crippen LogP contribution is 2.40. The van der Waals surface area contributed by atoms with Gasteiger partial charge in [0.25, 0.3) is 0 Å². The minimum absolute atomic E-state index is 0.00629. The van der Waals surface area contributed by atoms with Gasteiger partial charge in [-0.3, -0.25) is 28.7 Å². The van der Waals surface area contributed by atoms with Crippen LogP contribution >= 0.6 is 34.3 Å². The van der Waals surface area contributed by atoms with Crippen molar-refractivity contribution in [3.05, 3.63) is 104 Å². The lowest BCUT2D eigenvalue weighted by molar-refractivity contribution is -0.145. The quantitative estimate of drug-likeness (QED) is 0.0696. The summed E-state index contributed by atoms with van der Waals surface area (Å²) >= 11 is 9.40. The molecule has 5 heterocycles. The number of benzene rings is 2. The Balaban J connectivity index is 0.906. The van der Waals surface area contributed by atoms with E-state index >= 15 is 0 Å². The average molecular weight is 1020 g/mol. The van der Waals surface area contributed by atoms with Crippen molar-refractivity contribution in [1.29, 1.82) is 0 Å². The van der Waals surface area contributed by atoms with Crippen LogP contribution in [-0.2, 0) is 40.0 Å². The highest BCUT2D eigenvalue weighted by atomic mass is 35.5. The number of thiophene rings is 1. The van der Waals surface area contributed by atoms with E-state index in [-0.39, 0.29) is 45.0 Å². The number of fused-ring (bicyclic) bond motifs is 3. The minimum Gasteiger partial charge on any atom is -0.480 e. The third-order valence-corrected chi connectivity index (χ3v) is 14.3. The van der Waals surface area contributed by atoms with Crippen LogP contribution in [0.4, 0.5) is 0 Å². The molecule has 1 fully saturated rings. The summed E-state index contributed by atoms with van der Waals surface area (Å²) in [4.78, 5) is 78.7. The largest absolute Gasteiger partial charge is 0.480 e. The maximum atomic E-state index is 14.2. The molecule has 1 saturated heterocycles. The van der Waals surface area contributed by atoms with Gasteiger partial charge >= 0.3 is 5.97 Å². The van der Waals surface area contributed by atoms with Gasteiger partial charge in [0.2, 0.25) is 23.6 Å². The molecule has 4 amide bonds. The molecular weight excluding hydrogens is 966 g/mol. The van der Waals surface area contributed by atoms with Crippen LogP contribution in [0.1, 0.15) is 84.1 Å². The molecule has 0 unspecified atom stereocenters. The Labute approximate surface area is 424 Å². The van der Waals surface area contributed by atoms with Gasteiger partial charge in [-0.1, -0.05) is 80.6 Å². The van der Waals surface area contributed by atoms with Crippen molar-refractivity contribution in [2.24, 2.45) is 10.4 Å². The third-order valence-electron chi connectivity index (χ3n) is 11.9. The smallest absolute Gasteiger partial charge is 0.329 e. The van der Waals surface area contributed by atoms with Crippen LogP contribution in [0.3, 0.4) is 0 Å². The zero-order chi connectivity index (χ0) is 51.0. The van der Waals surface area contributed by atoms with Crippen molar-refractivity contribution >= 4 is 69.6 Å². The second-order valence-electron chi connectivity index (χ2n) is 18.1. The van der Waals surface area contributed by atoms with Gasteiger partial charge in [-0.05, 0) is 73.8 Å². The number of thiazole rings is 1. The van der Waals surface area contributed by atoms with E-state index in [0.717, 1.165) is 54.0 Å². The van der Waals surface area contributed by atoms with Crippen LogP contribution in [0, 0.1) is 56.8 Å². The molecule has 0 bridgehead atoms. The molecule has 2 aromatic carbocycles. The first-order valence-electron chi connectivity index (χ1n) is 22.8. The first-order valence-corrected chi connectivity index (χ1v) is 24.8. The van der Waals surface area contributed by atoms with Crippen molar-refractivity contribution in [1.82, 2.24) is 40.6 Å². The lowest BCUT2D eigenvalue weighted by Gasteiger charge is -2.35. The molecule has 0 aliphatic carbocycles. The monoisotopic (exact) mass is 1020 g/mol. The molecule has 5 aromatic rings. The summed E-state index contributed by atoms with van der Waals surface area (Å²) < 4.78 is 13.0. The lowest BCUT2D eigenvalue weighted by atomic mass is 9.85. The number of carbonyl (C=O) groups is 5. The first kappa shape index (κ1) is 52.1. The van der Waals surface area contributed by atoms with Gasteiger partial charge in [-0.2, -0.15) is 0 Å². The zero-order valence-electron chi connectivity index (χ0n) is 40.3. The molecule has 0 spiro atoms.